The summed E-state index contributed by atoms with van der Waals surface area (Å²) in [4.78, 5) is 16.3. The van der Waals surface area contributed by atoms with Gasteiger partial charge in [0.05, 0.1) is 29.3 Å². The monoisotopic (exact) mass is 468 g/mol. The molecule has 2 saturated heterocycles. The summed E-state index contributed by atoms with van der Waals surface area (Å²) in [7, 11) is -3.02. The van der Waals surface area contributed by atoms with Gasteiger partial charge in [0.1, 0.15) is 0 Å². The lowest BCUT2D eigenvalue weighted by atomic mass is 9.68. The number of sulfone groups is 1. The number of aliphatic hydroxyl groups is 1. The van der Waals surface area contributed by atoms with E-state index < -0.39 is 21.4 Å². The third-order valence-electron chi connectivity index (χ3n) is 6.98. The van der Waals surface area contributed by atoms with Gasteiger partial charge in [-0.2, -0.15) is 5.10 Å². The molecule has 2 fully saturated rings. The maximum atomic E-state index is 12.8. The third kappa shape index (κ3) is 4.40. The Morgan fingerprint density at radius 2 is 1.81 bits per heavy atom. The van der Waals surface area contributed by atoms with E-state index in [1.807, 2.05) is 11.0 Å². The predicted octanol–water partition coefficient (Wildman–Crippen LogP) is 2.84. The number of halogens is 1. The lowest BCUT2D eigenvalue weighted by Crippen LogP contribution is -2.52. The number of aromatic amines is 1. The van der Waals surface area contributed by atoms with Crippen molar-refractivity contribution in [3.63, 3.8) is 0 Å². The number of H-pyrrole nitrogens is 1. The number of carbonyl (C=O) groups excluding carboxylic acids is 1. The molecule has 1 atom stereocenters. The lowest BCUT2D eigenvalue weighted by molar-refractivity contribution is -0.0156. The van der Waals surface area contributed by atoms with Gasteiger partial charge in [-0.25, -0.2) is 13.2 Å². The molecule has 4 rings (SSSR count). The number of aromatic nitrogens is 2. The van der Waals surface area contributed by atoms with Crippen LogP contribution in [0.4, 0.5) is 4.79 Å². The summed E-state index contributed by atoms with van der Waals surface area (Å²) in [5, 5.41) is 19.8. The van der Waals surface area contributed by atoms with Crippen LogP contribution in [0, 0.1) is 11.3 Å². The van der Waals surface area contributed by atoms with Gasteiger partial charge in [-0.1, -0.05) is 25.4 Å². The first-order chi connectivity index (χ1) is 14.6. The van der Waals surface area contributed by atoms with Crippen LogP contribution in [0.3, 0.4) is 0 Å². The molecule has 10 heteroatoms. The summed E-state index contributed by atoms with van der Waals surface area (Å²) in [5.41, 5.74) is 1.09. The molecule has 1 aromatic carbocycles. The Kier molecular flexibility index (Phi) is 5.95. The average molecular weight is 469 g/mol. The highest BCUT2D eigenvalue weighted by Gasteiger charge is 2.41. The standard InChI is InChI=1S/C21H29ClN4O4S/c1-21(2,19(27)17-12-16(22)11-14-13-23-24-18(14)17)15-3-5-25(6-4-15)20(28)26-7-9-31(29,30)10-8-26/h11-13,15,19,27H,3-10H2,1-2H3,(H,23,24)/t19-/m1/s1. The number of aliphatic hydroxyl groups excluding tert-OH is 1. The minimum atomic E-state index is -3.02. The van der Waals surface area contributed by atoms with Crippen LogP contribution in [-0.2, 0) is 9.84 Å². The number of benzene rings is 1. The van der Waals surface area contributed by atoms with Gasteiger partial charge in [0.25, 0.3) is 0 Å². The van der Waals surface area contributed by atoms with Gasteiger partial charge < -0.3 is 14.9 Å². The molecule has 2 amide bonds. The highest BCUT2D eigenvalue weighted by molar-refractivity contribution is 7.91. The predicted molar refractivity (Wildman–Crippen MR) is 120 cm³/mol. The quantitative estimate of drug-likeness (QED) is 0.720. The maximum Gasteiger partial charge on any atom is 0.320 e. The fourth-order valence-electron chi connectivity index (χ4n) is 4.81. The van der Waals surface area contributed by atoms with E-state index in [0.717, 1.165) is 29.3 Å². The maximum absolute atomic E-state index is 12.8. The number of nitrogens with zero attached hydrogens (tertiary/aromatic N) is 3. The molecule has 0 spiro atoms. The summed E-state index contributed by atoms with van der Waals surface area (Å²) in [6, 6.07) is 3.53. The molecule has 0 aliphatic carbocycles. The van der Waals surface area contributed by atoms with E-state index in [1.165, 1.54) is 0 Å². The van der Waals surface area contributed by atoms with Crippen molar-refractivity contribution < 1.29 is 18.3 Å². The normalized spacial score (nSPS) is 21.4. The minimum Gasteiger partial charge on any atom is -0.388 e. The fraction of sp³-hybridized carbons (Fsp3) is 0.619. The van der Waals surface area contributed by atoms with Crippen molar-refractivity contribution in [2.24, 2.45) is 11.3 Å². The van der Waals surface area contributed by atoms with Gasteiger partial charge in [0.2, 0.25) is 0 Å². The van der Waals surface area contributed by atoms with Gasteiger partial charge in [0, 0.05) is 42.2 Å². The van der Waals surface area contributed by atoms with Crippen LogP contribution in [-0.4, -0.2) is 77.2 Å². The molecule has 2 aliphatic heterocycles. The number of hydrogen-bond acceptors (Lipinski definition) is 5. The minimum absolute atomic E-state index is 0.0378. The Bertz CT molecular complexity index is 1060. The zero-order valence-corrected chi connectivity index (χ0v) is 19.4. The largest absolute Gasteiger partial charge is 0.388 e. The van der Waals surface area contributed by atoms with Gasteiger partial charge in [0.15, 0.2) is 9.84 Å². The van der Waals surface area contributed by atoms with E-state index in [-0.39, 0.29) is 36.5 Å². The van der Waals surface area contributed by atoms with E-state index in [0.29, 0.717) is 18.1 Å². The van der Waals surface area contributed by atoms with Crippen molar-refractivity contribution in [1.29, 1.82) is 0 Å². The Morgan fingerprint density at radius 3 is 2.45 bits per heavy atom. The van der Waals surface area contributed by atoms with Crippen LogP contribution in [0.25, 0.3) is 10.9 Å². The van der Waals surface area contributed by atoms with Crippen molar-refractivity contribution in [3.8, 4) is 0 Å². The van der Waals surface area contributed by atoms with Crippen molar-refractivity contribution >= 4 is 38.4 Å². The molecule has 0 unspecified atom stereocenters. The number of carbonyl (C=O) groups is 1. The molecule has 3 heterocycles. The third-order valence-corrected chi connectivity index (χ3v) is 8.80. The number of nitrogens with one attached hydrogen (secondary N) is 1. The summed E-state index contributed by atoms with van der Waals surface area (Å²) < 4.78 is 23.2. The smallest absolute Gasteiger partial charge is 0.320 e. The second kappa shape index (κ2) is 8.26. The van der Waals surface area contributed by atoms with E-state index in [9.17, 15) is 18.3 Å². The molecule has 8 nitrogen and oxygen atoms in total. The number of amides is 2. The molecule has 2 aliphatic rings. The first-order valence-corrected chi connectivity index (χ1v) is 12.8. The highest BCUT2D eigenvalue weighted by atomic mass is 35.5. The number of fused-ring (bicyclic) bond motifs is 1. The van der Waals surface area contributed by atoms with Crippen molar-refractivity contribution in [2.45, 2.75) is 32.8 Å². The molecule has 2 aromatic rings. The topological polar surface area (TPSA) is 107 Å². The van der Waals surface area contributed by atoms with E-state index in [2.05, 4.69) is 24.0 Å². The molecular weight excluding hydrogens is 440 g/mol. The van der Waals surface area contributed by atoms with Crippen molar-refractivity contribution in [3.05, 3.63) is 28.9 Å². The first-order valence-electron chi connectivity index (χ1n) is 10.6. The second-order valence-corrected chi connectivity index (χ2v) is 12.0. The van der Waals surface area contributed by atoms with Crippen LogP contribution in [0.2, 0.25) is 5.02 Å². The second-order valence-electron chi connectivity index (χ2n) is 9.24. The van der Waals surface area contributed by atoms with Crippen LogP contribution in [0.5, 0.6) is 0 Å². The number of rotatable bonds is 3. The first kappa shape index (κ1) is 22.4. The Morgan fingerprint density at radius 1 is 1.19 bits per heavy atom. The molecule has 0 saturated carbocycles. The van der Waals surface area contributed by atoms with Crippen LogP contribution in [0.1, 0.15) is 38.4 Å². The van der Waals surface area contributed by atoms with Crippen LogP contribution < -0.4 is 0 Å². The van der Waals surface area contributed by atoms with Crippen LogP contribution in [0.15, 0.2) is 18.3 Å². The summed E-state index contributed by atoms with van der Waals surface area (Å²) in [6.45, 7) is 5.83. The Labute approximate surface area is 187 Å². The number of hydrogen-bond donors (Lipinski definition) is 2. The number of likely N-dealkylation sites (tertiary alicyclic amines) is 1. The van der Waals surface area contributed by atoms with Crippen molar-refractivity contribution in [2.75, 3.05) is 37.7 Å². The molecule has 31 heavy (non-hydrogen) atoms. The molecule has 0 radical (unpaired) electrons. The van der Waals surface area contributed by atoms with Gasteiger partial charge in [-0.3, -0.25) is 5.10 Å². The average Bonchev–Trinajstić information content (AvgIpc) is 3.20. The highest BCUT2D eigenvalue weighted by Crippen LogP contribution is 2.46. The summed E-state index contributed by atoms with van der Waals surface area (Å²) >= 11 is 6.27. The molecular formula is C21H29ClN4O4S. The Hall–Kier alpha value is -1.84. The van der Waals surface area contributed by atoms with Crippen LogP contribution >= 0.6 is 11.6 Å². The zero-order valence-electron chi connectivity index (χ0n) is 17.8. The fourth-order valence-corrected chi connectivity index (χ4v) is 6.24. The number of piperidine rings is 1. The van der Waals surface area contributed by atoms with Crippen molar-refractivity contribution in [1.82, 2.24) is 20.0 Å². The molecule has 0 bridgehead atoms. The van der Waals surface area contributed by atoms with Gasteiger partial charge in [-0.05, 0) is 36.3 Å². The van der Waals surface area contributed by atoms with E-state index in [4.69, 9.17) is 11.6 Å². The summed E-state index contributed by atoms with van der Waals surface area (Å²) in [5.74, 6) is 0.289. The van der Waals surface area contributed by atoms with E-state index in [1.54, 1.807) is 17.2 Å². The SMILES string of the molecule is CC(C)(C1CCN(C(=O)N2CCS(=O)(=O)CC2)CC1)[C@H](O)c1cc(Cl)cc2cn[nH]c12. The zero-order chi connectivity index (χ0) is 22.4. The molecule has 1 aromatic heterocycles. The lowest BCUT2D eigenvalue weighted by Gasteiger charge is -2.44. The van der Waals surface area contributed by atoms with Gasteiger partial charge >= 0.3 is 6.03 Å². The van der Waals surface area contributed by atoms with Gasteiger partial charge in [-0.15, -0.1) is 0 Å². The molecule has 2 N–H and O–H groups in total. The Balaban J connectivity index is 1.43. The molecule has 170 valence electrons. The summed E-state index contributed by atoms with van der Waals surface area (Å²) in [6.07, 6.45) is 2.50. The number of urea groups is 1. The van der Waals surface area contributed by atoms with E-state index >= 15 is 0 Å².